The molecule has 5 nitrogen and oxygen atoms in total. The SMILES string of the molecule is O=C(NCc1ccco1)[C@H](Cc1ccccc1)N(Cc1ccccc1)C(=O)Cc1ccccc1. The standard InChI is InChI=1S/C29H28N2O3/c32-28(20-24-13-6-2-7-14-24)31(22-25-15-8-3-9-16-25)27(19-23-11-4-1-5-12-23)29(33)30-21-26-17-10-18-34-26/h1-18,27H,19-22H2,(H,30,33)/t27-/m0/s1. The predicted molar refractivity (Wildman–Crippen MR) is 132 cm³/mol. The molecule has 3 aromatic carbocycles. The Morgan fingerprint density at radius 2 is 1.32 bits per heavy atom. The van der Waals surface area contributed by atoms with Crippen molar-refractivity contribution in [3.8, 4) is 0 Å². The molecule has 5 heteroatoms. The molecule has 0 radical (unpaired) electrons. The Kier molecular flexibility index (Phi) is 7.90. The molecular formula is C29H28N2O3. The molecule has 4 aromatic rings. The summed E-state index contributed by atoms with van der Waals surface area (Å²) in [5.74, 6) is 0.360. The van der Waals surface area contributed by atoms with Gasteiger partial charge >= 0.3 is 0 Å². The van der Waals surface area contributed by atoms with Gasteiger partial charge in [-0.15, -0.1) is 0 Å². The maximum Gasteiger partial charge on any atom is 0.243 e. The molecule has 0 saturated carbocycles. The van der Waals surface area contributed by atoms with Crippen molar-refractivity contribution in [2.24, 2.45) is 0 Å². The lowest BCUT2D eigenvalue weighted by Gasteiger charge is -2.31. The second-order valence-electron chi connectivity index (χ2n) is 8.17. The first-order valence-corrected chi connectivity index (χ1v) is 11.4. The Morgan fingerprint density at radius 1 is 0.735 bits per heavy atom. The molecule has 0 saturated heterocycles. The van der Waals surface area contributed by atoms with Gasteiger partial charge in [-0.2, -0.15) is 0 Å². The Morgan fingerprint density at radius 3 is 1.91 bits per heavy atom. The highest BCUT2D eigenvalue weighted by Crippen LogP contribution is 2.17. The third-order valence-electron chi connectivity index (χ3n) is 5.68. The third kappa shape index (κ3) is 6.45. The van der Waals surface area contributed by atoms with Crippen molar-refractivity contribution in [3.05, 3.63) is 132 Å². The Balaban J connectivity index is 1.62. The van der Waals surface area contributed by atoms with Gasteiger partial charge in [-0.3, -0.25) is 9.59 Å². The lowest BCUT2D eigenvalue weighted by atomic mass is 10.0. The monoisotopic (exact) mass is 452 g/mol. The van der Waals surface area contributed by atoms with Crippen LogP contribution in [0.4, 0.5) is 0 Å². The molecule has 0 aliphatic rings. The molecule has 2 amide bonds. The van der Waals surface area contributed by atoms with Crippen molar-refractivity contribution in [1.82, 2.24) is 10.2 Å². The summed E-state index contributed by atoms with van der Waals surface area (Å²) in [5, 5.41) is 2.96. The molecule has 0 fully saturated rings. The quantitative estimate of drug-likeness (QED) is 0.377. The fraction of sp³-hybridized carbons (Fsp3) is 0.172. The van der Waals surface area contributed by atoms with E-state index in [1.165, 1.54) is 0 Å². The van der Waals surface area contributed by atoms with Crippen LogP contribution < -0.4 is 5.32 Å². The largest absolute Gasteiger partial charge is 0.467 e. The highest BCUT2D eigenvalue weighted by atomic mass is 16.3. The molecule has 0 aliphatic heterocycles. The number of hydrogen-bond acceptors (Lipinski definition) is 3. The molecule has 34 heavy (non-hydrogen) atoms. The van der Waals surface area contributed by atoms with Crippen LogP contribution in [0.1, 0.15) is 22.5 Å². The minimum Gasteiger partial charge on any atom is -0.467 e. The number of carbonyl (C=O) groups is 2. The summed E-state index contributed by atoms with van der Waals surface area (Å²) in [4.78, 5) is 28.8. The van der Waals surface area contributed by atoms with Crippen LogP contribution in [-0.2, 0) is 35.5 Å². The van der Waals surface area contributed by atoms with E-state index >= 15 is 0 Å². The van der Waals surface area contributed by atoms with Gasteiger partial charge in [0.2, 0.25) is 11.8 Å². The van der Waals surface area contributed by atoms with E-state index in [1.54, 1.807) is 17.2 Å². The smallest absolute Gasteiger partial charge is 0.243 e. The van der Waals surface area contributed by atoms with E-state index in [-0.39, 0.29) is 24.8 Å². The van der Waals surface area contributed by atoms with E-state index < -0.39 is 6.04 Å². The van der Waals surface area contributed by atoms with Gasteiger partial charge in [-0.25, -0.2) is 0 Å². The number of carbonyl (C=O) groups excluding carboxylic acids is 2. The summed E-state index contributed by atoms with van der Waals surface area (Å²) < 4.78 is 5.37. The summed E-state index contributed by atoms with van der Waals surface area (Å²) in [7, 11) is 0. The fourth-order valence-electron chi connectivity index (χ4n) is 3.91. The maximum absolute atomic E-state index is 13.6. The van der Waals surface area contributed by atoms with E-state index in [0.29, 0.717) is 18.7 Å². The minimum atomic E-state index is -0.672. The van der Waals surface area contributed by atoms with Gasteiger partial charge in [-0.1, -0.05) is 91.0 Å². The van der Waals surface area contributed by atoms with Crippen LogP contribution in [0.2, 0.25) is 0 Å². The first kappa shape index (κ1) is 23.1. The zero-order valence-electron chi connectivity index (χ0n) is 19.0. The zero-order chi connectivity index (χ0) is 23.6. The molecule has 172 valence electrons. The first-order valence-electron chi connectivity index (χ1n) is 11.4. The second kappa shape index (κ2) is 11.7. The molecule has 4 rings (SSSR count). The summed E-state index contributed by atoms with van der Waals surface area (Å²) in [6.45, 7) is 0.612. The average Bonchev–Trinajstić information content (AvgIpc) is 3.40. The lowest BCUT2D eigenvalue weighted by Crippen LogP contribution is -2.50. The second-order valence-corrected chi connectivity index (χ2v) is 8.17. The van der Waals surface area contributed by atoms with E-state index in [9.17, 15) is 9.59 Å². The Bertz CT molecular complexity index is 1160. The van der Waals surface area contributed by atoms with Crippen molar-refractivity contribution in [2.45, 2.75) is 32.0 Å². The highest BCUT2D eigenvalue weighted by Gasteiger charge is 2.30. The van der Waals surface area contributed by atoms with Gasteiger partial charge in [-0.05, 0) is 28.8 Å². The Labute approximate surface area is 200 Å². The number of amides is 2. The van der Waals surface area contributed by atoms with Crippen LogP contribution in [0.25, 0.3) is 0 Å². The number of furan rings is 1. The van der Waals surface area contributed by atoms with Crippen LogP contribution in [0, 0.1) is 0 Å². The maximum atomic E-state index is 13.6. The number of rotatable bonds is 10. The van der Waals surface area contributed by atoms with Crippen LogP contribution in [0.3, 0.4) is 0 Å². The summed E-state index contributed by atoms with van der Waals surface area (Å²) in [6, 6.07) is 32.1. The van der Waals surface area contributed by atoms with Crippen LogP contribution in [0.15, 0.2) is 114 Å². The van der Waals surface area contributed by atoms with Crippen molar-refractivity contribution >= 4 is 11.8 Å². The summed E-state index contributed by atoms with van der Waals surface area (Å²) >= 11 is 0. The topological polar surface area (TPSA) is 62.6 Å². The molecule has 0 bridgehead atoms. The van der Waals surface area contributed by atoms with Crippen molar-refractivity contribution in [1.29, 1.82) is 0 Å². The van der Waals surface area contributed by atoms with Crippen LogP contribution in [-0.4, -0.2) is 22.8 Å². The highest BCUT2D eigenvalue weighted by molar-refractivity contribution is 5.88. The molecule has 1 atom stereocenters. The third-order valence-corrected chi connectivity index (χ3v) is 5.68. The summed E-state index contributed by atoms with van der Waals surface area (Å²) in [5.41, 5.74) is 2.88. The van der Waals surface area contributed by atoms with Gasteiger partial charge < -0.3 is 14.6 Å². The normalized spacial score (nSPS) is 11.5. The van der Waals surface area contributed by atoms with Gasteiger partial charge in [0.1, 0.15) is 11.8 Å². The zero-order valence-corrected chi connectivity index (χ0v) is 19.0. The Hall–Kier alpha value is -4.12. The van der Waals surface area contributed by atoms with Gasteiger partial charge in [0.25, 0.3) is 0 Å². The lowest BCUT2D eigenvalue weighted by molar-refractivity contribution is -0.140. The fourth-order valence-corrected chi connectivity index (χ4v) is 3.91. The average molecular weight is 453 g/mol. The van der Waals surface area contributed by atoms with Gasteiger partial charge in [0.05, 0.1) is 19.2 Å². The minimum absolute atomic E-state index is 0.0934. The number of nitrogens with zero attached hydrogens (tertiary/aromatic N) is 1. The van der Waals surface area contributed by atoms with Crippen LogP contribution >= 0.6 is 0 Å². The van der Waals surface area contributed by atoms with E-state index in [1.807, 2.05) is 97.1 Å². The molecule has 1 heterocycles. The van der Waals surface area contributed by atoms with E-state index in [2.05, 4.69) is 5.32 Å². The van der Waals surface area contributed by atoms with E-state index in [4.69, 9.17) is 4.42 Å². The van der Waals surface area contributed by atoms with Gasteiger partial charge in [0.15, 0.2) is 0 Å². The predicted octanol–water partition coefficient (Wildman–Crippen LogP) is 4.78. The number of nitrogens with one attached hydrogen (secondary N) is 1. The van der Waals surface area contributed by atoms with Crippen molar-refractivity contribution < 1.29 is 14.0 Å². The van der Waals surface area contributed by atoms with Crippen LogP contribution in [0.5, 0.6) is 0 Å². The molecule has 0 spiro atoms. The molecular weight excluding hydrogens is 424 g/mol. The van der Waals surface area contributed by atoms with E-state index in [0.717, 1.165) is 16.7 Å². The molecule has 0 aliphatic carbocycles. The number of benzene rings is 3. The van der Waals surface area contributed by atoms with Gasteiger partial charge in [0, 0.05) is 13.0 Å². The molecule has 1 aromatic heterocycles. The van der Waals surface area contributed by atoms with Crippen molar-refractivity contribution in [3.63, 3.8) is 0 Å². The number of hydrogen-bond donors (Lipinski definition) is 1. The van der Waals surface area contributed by atoms with Crippen molar-refractivity contribution in [2.75, 3.05) is 0 Å². The molecule has 0 unspecified atom stereocenters. The molecule has 1 N–H and O–H groups in total. The summed E-state index contributed by atoms with van der Waals surface area (Å²) in [6.07, 6.45) is 2.22. The first-order chi connectivity index (χ1) is 16.7.